The highest BCUT2D eigenvalue weighted by Gasteiger charge is 2.24. The van der Waals surface area contributed by atoms with E-state index in [-0.39, 0.29) is 0 Å². The first kappa shape index (κ1) is 11.4. The fourth-order valence-electron chi connectivity index (χ4n) is 1.55. The number of esters is 1. The van der Waals surface area contributed by atoms with E-state index in [1.165, 1.54) is 0 Å². The molecule has 0 aromatic carbocycles. The molecule has 0 saturated heterocycles. The molecule has 0 aliphatic carbocycles. The third-order valence-electron chi connectivity index (χ3n) is 2.32. The van der Waals surface area contributed by atoms with Crippen LogP contribution in [0.3, 0.4) is 0 Å². The molecule has 0 saturated carbocycles. The van der Waals surface area contributed by atoms with Gasteiger partial charge in [-0.3, -0.25) is 0 Å². The summed E-state index contributed by atoms with van der Waals surface area (Å²) >= 11 is 0. The van der Waals surface area contributed by atoms with Crippen molar-refractivity contribution >= 4 is 5.97 Å². The summed E-state index contributed by atoms with van der Waals surface area (Å²) in [6, 6.07) is 3.55. The summed E-state index contributed by atoms with van der Waals surface area (Å²) in [7, 11) is 0. The Morgan fingerprint density at radius 1 is 1.41 bits per heavy atom. The van der Waals surface area contributed by atoms with Crippen LogP contribution >= 0.6 is 0 Å². The minimum Gasteiger partial charge on any atom is -0.462 e. The maximum absolute atomic E-state index is 11.8. The van der Waals surface area contributed by atoms with E-state index in [1.54, 1.807) is 26.0 Å². The fraction of sp³-hybridized carbons (Fsp3) is 0.333. The molecule has 5 nitrogen and oxygen atoms in total. The first-order valence-corrected chi connectivity index (χ1v) is 5.33. The van der Waals surface area contributed by atoms with Gasteiger partial charge in [0.1, 0.15) is 17.1 Å². The minimum absolute atomic E-state index is 0.306. The second-order valence-corrected chi connectivity index (χ2v) is 3.59. The Balaban J connectivity index is 2.45. The molecule has 2 rings (SSSR count). The summed E-state index contributed by atoms with van der Waals surface area (Å²) in [5, 5.41) is 3.83. The molecule has 0 radical (unpaired) electrons. The van der Waals surface area contributed by atoms with E-state index >= 15 is 0 Å². The lowest BCUT2D eigenvalue weighted by Crippen LogP contribution is -2.06. The Kier molecular flexibility index (Phi) is 2.99. The molecule has 0 unspecified atom stereocenters. The van der Waals surface area contributed by atoms with Crippen molar-refractivity contribution in [3.8, 4) is 11.5 Å². The molecule has 90 valence electrons. The van der Waals surface area contributed by atoms with Gasteiger partial charge in [-0.2, -0.15) is 0 Å². The van der Waals surface area contributed by atoms with Crippen molar-refractivity contribution in [2.45, 2.75) is 20.8 Å². The molecule has 2 aromatic heterocycles. The van der Waals surface area contributed by atoms with Crippen molar-refractivity contribution in [2.24, 2.45) is 0 Å². The number of carbonyl (C=O) groups is 1. The summed E-state index contributed by atoms with van der Waals surface area (Å²) in [6.45, 7) is 5.54. The minimum atomic E-state index is -0.449. The third kappa shape index (κ3) is 2.08. The van der Waals surface area contributed by atoms with Crippen LogP contribution in [0, 0.1) is 13.8 Å². The van der Waals surface area contributed by atoms with Crippen LogP contribution in [-0.2, 0) is 4.74 Å². The molecule has 0 atom stereocenters. The number of ether oxygens (including phenoxy) is 1. The molecule has 0 N–H and O–H groups in total. The maximum atomic E-state index is 11.8. The monoisotopic (exact) mass is 235 g/mol. The van der Waals surface area contributed by atoms with Crippen LogP contribution in [0.2, 0.25) is 0 Å². The molecule has 0 fully saturated rings. The Hall–Kier alpha value is -2.04. The molecular formula is C12H13NO4. The summed E-state index contributed by atoms with van der Waals surface area (Å²) in [5.74, 6) is 1.22. The van der Waals surface area contributed by atoms with Gasteiger partial charge in [0.15, 0.2) is 11.5 Å². The molecule has 5 heteroatoms. The van der Waals surface area contributed by atoms with Gasteiger partial charge in [-0.15, -0.1) is 0 Å². The van der Waals surface area contributed by atoms with Crippen molar-refractivity contribution < 1.29 is 18.5 Å². The zero-order valence-electron chi connectivity index (χ0n) is 9.94. The fourth-order valence-corrected chi connectivity index (χ4v) is 1.55. The molecule has 2 heterocycles. The van der Waals surface area contributed by atoms with E-state index in [4.69, 9.17) is 13.7 Å². The lowest BCUT2D eigenvalue weighted by molar-refractivity contribution is 0.0525. The van der Waals surface area contributed by atoms with Crippen molar-refractivity contribution in [1.82, 2.24) is 5.16 Å². The summed E-state index contributed by atoms with van der Waals surface area (Å²) in [4.78, 5) is 11.8. The van der Waals surface area contributed by atoms with Gasteiger partial charge in [-0.25, -0.2) is 4.79 Å². The zero-order valence-corrected chi connectivity index (χ0v) is 9.94. The van der Waals surface area contributed by atoms with E-state index in [0.717, 1.165) is 5.76 Å². The number of carbonyl (C=O) groups excluding carboxylic acids is 1. The number of aryl methyl sites for hydroxylation is 2. The number of hydrogen-bond donors (Lipinski definition) is 0. The zero-order chi connectivity index (χ0) is 12.4. The van der Waals surface area contributed by atoms with Crippen LogP contribution in [0.4, 0.5) is 0 Å². The number of rotatable bonds is 3. The summed E-state index contributed by atoms with van der Waals surface area (Å²) in [6.07, 6.45) is 0. The van der Waals surface area contributed by atoms with Crippen LogP contribution in [0.15, 0.2) is 21.1 Å². The molecule has 0 spiro atoms. The van der Waals surface area contributed by atoms with Crippen molar-refractivity contribution in [3.63, 3.8) is 0 Å². The van der Waals surface area contributed by atoms with Gasteiger partial charge in [0.25, 0.3) is 0 Å². The van der Waals surface area contributed by atoms with Gasteiger partial charge < -0.3 is 13.7 Å². The van der Waals surface area contributed by atoms with Gasteiger partial charge >= 0.3 is 5.97 Å². The second kappa shape index (κ2) is 4.45. The van der Waals surface area contributed by atoms with E-state index in [1.807, 2.05) is 6.92 Å². The van der Waals surface area contributed by atoms with Crippen LogP contribution < -0.4 is 0 Å². The Morgan fingerprint density at radius 2 is 2.18 bits per heavy atom. The van der Waals surface area contributed by atoms with Crippen LogP contribution in [0.5, 0.6) is 0 Å². The smallest absolute Gasteiger partial charge is 0.344 e. The summed E-state index contributed by atoms with van der Waals surface area (Å²) in [5.41, 5.74) is 0.704. The third-order valence-corrected chi connectivity index (χ3v) is 2.32. The standard InChI is InChI=1S/C12H13NO4/c1-4-15-12(14)10-8(3)17-13-11(10)9-6-5-7(2)16-9/h5-6H,4H2,1-3H3. The highest BCUT2D eigenvalue weighted by molar-refractivity contribution is 5.96. The number of aromatic nitrogens is 1. The number of hydrogen-bond acceptors (Lipinski definition) is 5. The van der Waals surface area contributed by atoms with Gasteiger partial charge in [0, 0.05) is 0 Å². The van der Waals surface area contributed by atoms with Crippen molar-refractivity contribution in [3.05, 3.63) is 29.2 Å². The number of furan rings is 1. The second-order valence-electron chi connectivity index (χ2n) is 3.59. The lowest BCUT2D eigenvalue weighted by Gasteiger charge is -2.00. The highest BCUT2D eigenvalue weighted by atomic mass is 16.5. The topological polar surface area (TPSA) is 65.5 Å². The van der Waals surface area contributed by atoms with Gasteiger partial charge in [0.2, 0.25) is 0 Å². The largest absolute Gasteiger partial charge is 0.462 e. The maximum Gasteiger partial charge on any atom is 0.344 e. The quantitative estimate of drug-likeness (QED) is 0.765. The SMILES string of the molecule is CCOC(=O)c1c(-c2ccc(C)o2)noc1C. The van der Waals surface area contributed by atoms with Crippen LogP contribution in [0.1, 0.15) is 28.8 Å². The average Bonchev–Trinajstić information content (AvgIpc) is 2.85. The van der Waals surface area contributed by atoms with Gasteiger partial charge in [0.05, 0.1) is 6.61 Å². The van der Waals surface area contributed by atoms with Gasteiger partial charge in [-0.05, 0) is 32.9 Å². The molecule has 0 bridgehead atoms. The molecule has 2 aromatic rings. The van der Waals surface area contributed by atoms with Gasteiger partial charge in [-0.1, -0.05) is 5.16 Å². The number of nitrogens with zero attached hydrogens (tertiary/aromatic N) is 1. The van der Waals surface area contributed by atoms with E-state index in [9.17, 15) is 4.79 Å². The van der Waals surface area contributed by atoms with E-state index in [0.29, 0.717) is 29.4 Å². The molecule has 17 heavy (non-hydrogen) atoms. The van der Waals surface area contributed by atoms with Crippen LogP contribution in [0.25, 0.3) is 11.5 Å². The Labute approximate surface area is 98.3 Å². The predicted molar refractivity (Wildman–Crippen MR) is 59.6 cm³/mol. The highest BCUT2D eigenvalue weighted by Crippen LogP contribution is 2.27. The Morgan fingerprint density at radius 3 is 2.76 bits per heavy atom. The lowest BCUT2D eigenvalue weighted by atomic mass is 10.1. The van der Waals surface area contributed by atoms with Crippen molar-refractivity contribution in [2.75, 3.05) is 6.61 Å². The predicted octanol–water partition coefficient (Wildman–Crippen LogP) is 2.73. The first-order chi connectivity index (χ1) is 8.13. The molecule has 0 aliphatic rings. The molecule has 0 aliphatic heterocycles. The average molecular weight is 235 g/mol. The van der Waals surface area contributed by atoms with E-state index < -0.39 is 5.97 Å². The normalized spacial score (nSPS) is 10.5. The van der Waals surface area contributed by atoms with Crippen molar-refractivity contribution in [1.29, 1.82) is 0 Å². The first-order valence-electron chi connectivity index (χ1n) is 5.33. The summed E-state index contributed by atoms with van der Waals surface area (Å²) < 4.78 is 15.4. The van der Waals surface area contributed by atoms with Crippen LogP contribution in [-0.4, -0.2) is 17.7 Å². The Bertz CT molecular complexity index is 538. The molecule has 0 amide bonds. The molecular weight excluding hydrogens is 222 g/mol. The van der Waals surface area contributed by atoms with E-state index in [2.05, 4.69) is 5.16 Å².